The molecular formula is C12H19ClN4O. The van der Waals surface area contributed by atoms with Crippen LogP contribution >= 0.6 is 11.6 Å². The molecule has 0 spiro atoms. The molecule has 1 saturated heterocycles. The second-order valence-electron chi connectivity index (χ2n) is 4.48. The molecule has 1 atom stereocenters. The molecule has 1 aliphatic rings. The molecule has 2 rings (SSSR count). The fourth-order valence-electron chi connectivity index (χ4n) is 2.06. The zero-order valence-electron chi connectivity index (χ0n) is 10.8. The van der Waals surface area contributed by atoms with Crippen LogP contribution in [0.25, 0.3) is 0 Å². The first-order valence-electron chi connectivity index (χ1n) is 6.24. The number of nitrogens with one attached hydrogen (secondary N) is 1. The van der Waals surface area contributed by atoms with Gasteiger partial charge in [-0.3, -0.25) is 0 Å². The fourth-order valence-corrected chi connectivity index (χ4v) is 2.32. The maximum Gasteiger partial charge on any atom is 0.137 e. The molecule has 0 saturated carbocycles. The zero-order chi connectivity index (χ0) is 13.0. The Balaban J connectivity index is 1.95. The second kappa shape index (κ2) is 6.31. The monoisotopic (exact) mass is 270 g/mol. The zero-order valence-corrected chi connectivity index (χ0v) is 11.6. The lowest BCUT2D eigenvalue weighted by Crippen LogP contribution is -2.43. The summed E-state index contributed by atoms with van der Waals surface area (Å²) in [5.41, 5.74) is 0.961. The molecule has 0 amide bonds. The Morgan fingerprint density at radius 2 is 2.39 bits per heavy atom. The molecule has 100 valence electrons. The van der Waals surface area contributed by atoms with Gasteiger partial charge in [0.15, 0.2) is 0 Å². The van der Waals surface area contributed by atoms with Crippen LogP contribution in [0.3, 0.4) is 0 Å². The van der Waals surface area contributed by atoms with Crippen molar-refractivity contribution in [3.63, 3.8) is 0 Å². The highest BCUT2D eigenvalue weighted by Crippen LogP contribution is 2.20. The van der Waals surface area contributed by atoms with Gasteiger partial charge in [-0.25, -0.2) is 9.97 Å². The maximum absolute atomic E-state index is 6.04. The van der Waals surface area contributed by atoms with E-state index in [0.717, 1.165) is 44.0 Å². The number of anilines is 1. The molecule has 1 unspecified atom stereocenters. The Morgan fingerprint density at radius 1 is 1.56 bits per heavy atom. The Bertz CT molecular complexity index is 402. The smallest absolute Gasteiger partial charge is 0.137 e. The molecule has 0 radical (unpaired) electrons. The van der Waals surface area contributed by atoms with Crippen LogP contribution in [0, 0.1) is 0 Å². The van der Waals surface area contributed by atoms with Crippen molar-refractivity contribution in [1.82, 2.24) is 14.9 Å². The van der Waals surface area contributed by atoms with E-state index in [1.807, 2.05) is 6.92 Å². The van der Waals surface area contributed by atoms with E-state index in [-0.39, 0.29) is 6.10 Å². The third-order valence-electron chi connectivity index (χ3n) is 3.09. The number of hydrogen-bond donors (Lipinski definition) is 1. The molecule has 0 bridgehead atoms. The summed E-state index contributed by atoms with van der Waals surface area (Å²) in [6, 6.07) is 0. The van der Waals surface area contributed by atoms with E-state index in [0.29, 0.717) is 5.15 Å². The van der Waals surface area contributed by atoms with Crippen molar-refractivity contribution < 1.29 is 4.74 Å². The lowest BCUT2D eigenvalue weighted by atomic mass is 10.2. The summed E-state index contributed by atoms with van der Waals surface area (Å²) in [6.07, 6.45) is 2.49. The van der Waals surface area contributed by atoms with Gasteiger partial charge in [-0.2, -0.15) is 0 Å². The van der Waals surface area contributed by atoms with Crippen molar-refractivity contribution in [2.75, 3.05) is 38.6 Å². The predicted molar refractivity (Wildman–Crippen MR) is 72.1 cm³/mol. The molecule has 1 N–H and O–H groups in total. The van der Waals surface area contributed by atoms with Gasteiger partial charge in [0.2, 0.25) is 0 Å². The van der Waals surface area contributed by atoms with Gasteiger partial charge in [-0.1, -0.05) is 18.5 Å². The molecular weight excluding hydrogens is 252 g/mol. The molecule has 6 heteroatoms. The molecule has 1 aliphatic heterocycles. The third-order valence-corrected chi connectivity index (χ3v) is 3.41. The van der Waals surface area contributed by atoms with E-state index >= 15 is 0 Å². The number of morpholine rings is 1. The van der Waals surface area contributed by atoms with Gasteiger partial charge in [0.1, 0.15) is 17.3 Å². The van der Waals surface area contributed by atoms with Gasteiger partial charge in [-0.05, 0) is 13.5 Å². The number of aromatic nitrogens is 2. The van der Waals surface area contributed by atoms with Crippen LogP contribution in [-0.4, -0.2) is 54.3 Å². The Kier molecular flexibility index (Phi) is 4.74. The van der Waals surface area contributed by atoms with E-state index in [9.17, 15) is 0 Å². The van der Waals surface area contributed by atoms with Gasteiger partial charge < -0.3 is 15.0 Å². The van der Waals surface area contributed by atoms with E-state index in [4.69, 9.17) is 16.3 Å². The lowest BCUT2D eigenvalue weighted by Gasteiger charge is -2.30. The third kappa shape index (κ3) is 3.31. The molecule has 0 aliphatic carbocycles. The molecule has 0 aromatic carbocycles. The Morgan fingerprint density at radius 3 is 3.11 bits per heavy atom. The summed E-state index contributed by atoms with van der Waals surface area (Å²) < 4.78 is 5.69. The largest absolute Gasteiger partial charge is 0.374 e. The number of ether oxygens (including phenoxy) is 1. The summed E-state index contributed by atoms with van der Waals surface area (Å²) in [6.45, 7) is 5.50. The van der Waals surface area contributed by atoms with Gasteiger partial charge in [-0.15, -0.1) is 0 Å². The van der Waals surface area contributed by atoms with E-state index in [1.54, 1.807) is 0 Å². The molecule has 2 heterocycles. The number of nitrogens with zero attached hydrogens (tertiary/aromatic N) is 3. The Labute approximate surface area is 113 Å². The summed E-state index contributed by atoms with van der Waals surface area (Å²) in [5.74, 6) is 0.814. The molecule has 1 fully saturated rings. The number of rotatable bonds is 4. The van der Waals surface area contributed by atoms with Crippen LogP contribution < -0.4 is 5.32 Å². The minimum absolute atomic E-state index is 0.196. The van der Waals surface area contributed by atoms with Gasteiger partial charge in [0.05, 0.1) is 12.7 Å². The summed E-state index contributed by atoms with van der Waals surface area (Å²) in [7, 11) is 2.11. The first kappa shape index (κ1) is 13.5. The van der Waals surface area contributed by atoms with Crippen molar-refractivity contribution in [2.24, 2.45) is 0 Å². The highest BCUT2D eigenvalue weighted by Gasteiger charge is 2.18. The summed E-state index contributed by atoms with van der Waals surface area (Å²) >= 11 is 6.04. The number of halogens is 1. The van der Waals surface area contributed by atoms with Gasteiger partial charge in [0, 0.05) is 25.2 Å². The maximum atomic E-state index is 6.04. The highest BCUT2D eigenvalue weighted by molar-refractivity contribution is 6.30. The Hall–Kier alpha value is -0.910. The highest BCUT2D eigenvalue weighted by atomic mass is 35.5. The van der Waals surface area contributed by atoms with Crippen LogP contribution in [0.1, 0.15) is 12.5 Å². The van der Waals surface area contributed by atoms with Crippen LogP contribution in [0.4, 0.5) is 5.82 Å². The molecule has 5 nitrogen and oxygen atoms in total. The second-order valence-corrected chi connectivity index (χ2v) is 4.84. The minimum Gasteiger partial charge on any atom is -0.374 e. The van der Waals surface area contributed by atoms with E-state index in [2.05, 4.69) is 27.2 Å². The van der Waals surface area contributed by atoms with Crippen LogP contribution in [0.5, 0.6) is 0 Å². The van der Waals surface area contributed by atoms with Crippen LogP contribution in [0.2, 0.25) is 5.15 Å². The summed E-state index contributed by atoms with van der Waals surface area (Å²) in [5, 5.41) is 3.83. The van der Waals surface area contributed by atoms with E-state index < -0.39 is 0 Å². The number of hydrogen-bond acceptors (Lipinski definition) is 5. The van der Waals surface area contributed by atoms with Crippen molar-refractivity contribution in [2.45, 2.75) is 19.4 Å². The van der Waals surface area contributed by atoms with Crippen LogP contribution in [0.15, 0.2) is 6.33 Å². The number of likely N-dealkylation sites (N-methyl/N-ethyl adjacent to an activating group) is 1. The summed E-state index contributed by atoms with van der Waals surface area (Å²) in [4.78, 5) is 10.5. The molecule has 18 heavy (non-hydrogen) atoms. The van der Waals surface area contributed by atoms with Crippen molar-refractivity contribution in [3.05, 3.63) is 17.0 Å². The van der Waals surface area contributed by atoms with Gasteiger partial charge in [0.25, 0.3) is 0 Å². The average molecular weight is 271 g/mol. The molecule has 1 aromatic heterocycles. The minimum atomic E-state index is 0.196. The van der Waals surface area contributed by atoms with Crippen molar-refractivity contribution in [1.29, 1.82) is 0 Å². The first-order chi connectivity index (χ1) is 8.70. The SMILES string of the molecule is CCc1c(Cl)ncnc1NCC1CN(C)CCO1. The van der Waals surface area contributed by atoms with E-state index in [1.165, 1.54) is 6.33 Å². The quantitative estimate of drug-likeness (QED) is 0.839. The topological polar surface area (TPSA) is 50.3 Å². The average Bonchev–Trinajstić information content (AvgIpc) is 2.36. The fraction of sp³-hybridized carbons (Fsp3) is 0.667. The standard InChI is InChI=1S/C12H19ClN4O/c1-3-10-11(13)15-8-16-12(10)14-6-9-7-17(2)4-5-18-9/h8-9H,3-7H2,1-2H3,(H,14,15,16). The first-order valence-corrected chi connectivity index (χ1v) is 6.62. The normalized spacial score (nSPS) is 20.9. The molecule has 1 aromatic rings. The predicted octanol–water partition coefficient (Wildman–Crippen LogP) is 1.43. The lowest BCUT2D eigenvalue weighted by molar-refractivity contribution is -0.0117. The van der Waals surface area contributed by atoms with Crippen molar-refractivity contribution in [3.8, 4) is 0 Å². The van der Waals surface area contributed by atoms with Gasteiger partial charge >= 0.3 is 0 Å². The van der Waals surface area contributed by atoms with Crippen molar-refractivity contribution >= 4 is 17.4 Å². The van der Waals surface area contributed by atoms with Crippen LogP contribution in [-0.2, 0) is 11.2 Å².